The zero-order chi connectivity index (χ0) is 15.0. The number of rotatable bonds is 3. The van der Waals surface area contributed by atoms with E-state index in [1.54, 1.807) is 18.7 Å². The highest BCUT2D eigenvalue weighted by Gasteiger charge is 2.34. The SMILES string of the molecule is Cc1nn(C)c(C)c1NC(=O)CN1C(=O)CN(C)C1=O. The normalized spacial score (nSPS) is 15.2. The fraction of sp³-hybridized carbons (Fsp3) is 0.500. The first-order chi connectivity index (χ1) is 9.31. The highest BCUT2D eigenvalue weighted by atomic mass is 16.2. The van der Waals surface area contributed by atoms with Crippen molar-refractivity contribution >= 4 is 23.5 Å². The molecule has 2 heterocycles. The summed E-state index contributed by atoms with van der Waals surface area (Å²) in [5.41, 5.74) is 2.12. The number of hydrogen-bond acceptors (Lipinski definition) is 4. The molecule has 0 radical (unpaired) electrons. The Morgan fingerprint density at radius 3 is 2.40 bits per heavy atom. The standard InChI is InChI=1S/C12H17N5O3/c1-7-11(8(2)16(4)14-7)13-9(18)5-17-10(19)6-15(3)12(17)20/h5-6H2,1-4H3,(H,13,18). The van der Waals surface area contributed by atoms with Crippen LogP contribution in [0.15, 0.2) is 0 Å². The van der Waals surface area contributed by atoms with Crippen LogP contribution < -0.4 is 5.32 Å². The van der Waals surface area contributed by atoms with Crippen molar-refractivity contribution in [3.05, 3.63) is 11.4 Å². The van der Waals surface area contributed by atoms with E-state index in [2.05, 4.69) is 10.4 Å². The number of anilines is 1. The first-order valence-electron chi connectivity index (χ1n) is 6.16. The number of carbonyl (C=O) groups is 3. The number of amides is 4. The van der Waals surface area contributed by atoms with Gasteiger partial charge < -0.3 is 10.2 Å². The second kappa shape index (κ2) is 4.95. The number of imide groups is 1. The maximum atomic E-state index is 12.0. The van der Waals surface area contributed by atoms with Gasteiger partial charge in [0.1, 0.15) is 13.1 Å². The van der Waals surface area contributed by atoms with Gasteiger partial charge in [-0.15, -0.1) is 0 Å². The monoisotopic (exact) mass is 279 g/mol. The Morgan fingerprint density at radius 1 is 1.30 bits per heavy atom. The highest BCUT2D eigenvalue weighted by Crippen LogP contribution is 2.18. The lowest BCUT2D eigenvalue weighted by Gasteiger charge is -2.14. The van der Waals surface area contributed by atoms with Crippen LogP contribution in [-0.2, 0) is 16.6 Å². The molecule has 0 aromatic carbocycles. The Labute approximate surface area is 116 Å². The summed E-state index contributed by atoms with van der Waals surface area (Å²) in [4.78, 5) is 37.4. The maximum absolute atomic E-state index is 12.0. The van der Waals surface area contributed by atoms with Crippen molar-refractivity contribution in [2.24, 2.45) is 7.05 Å². The van der Waals surface area contributed by atoms with Gasteiger partial charge in [-0.25, -0.2) is 4.79 Å². The lowest BCUT2D eigenvalue weighted by molar-refractivity contribution is -0.129. The Hall–Kier alpha value is -2.38. The third-order valence-corrected chi connectivity index (χ3v) is 3.31. The molecule has 2 rings (SSSR count). The summed E-state index contributed by atoms with van der Waals surface area (Å²) in [6.07, 6.45) is 0. The fourth-order valence-electron chi connectivity index (χ4n) is 2.10. The molecule has 1 fully saturated rings. The molecule has 1 N–H and O–H groups in total. The molecule has 0 unspecified atom stereocenters. The number of nitrogens with one attached hydrogen (secondary N) is 1. The van der Waals surface area contributed by atoms with Gasteiger partial charge in [0, 0.05) is 14.1 Å². The molecular formula is C12H17N5O3. The number of nitrogens with zero attached hydrogens (tertiary/aromatic N) is 4. The van der Waals surface area contributed by atoms with Crippen molar-refractivity contribution in [2.45, 2.75) is 13.8 Å². The molecule has 1 aliphatic rings. The smallest absolute Gasteiger partial charge is 0.321 e. The Kier molecular flexibility index (Phi) is 3.47. The van der Waals surface area contributed by atoms with Crippen LogP contribution in [0.2, 0.25) is 0 Å². The van der Waals surface area contributed by atoms with Gasteiger partial charge in [-0.1, -0.05) is 0 Å². The van der Waals surface area contributed by atoms with Gasteiger partial charge in [0.15, 0.2) is 0 Å². The second-order valence-corrected chi connectivity index (χ2v) is 4.84. The molecule has 1 aliphatic heterocycles. The van der Waals surface area contributed by atoms with Crippen LogP contribution in [0.5, 0.6) is 0 Å². The van der Waals surface area contributed by atoms with E-state index in [1.165, 1.54) is 11.9 Å². The summed E-state index contributed by atoms with van der Waals surface area (Å²) in [6.45, 7) is 3.34. The minimum atomic E-state index is -0.454. The third kappa shape index (κ3) is 2.36. The predicted octanol–water partition coefficient (Wildman–Crippen LogP) is -0.131. The average molecular weight is 279 g/mol. The van der Waals surface area contributed by atoms with E-state index in [0.717, 1.165) is 10.6 Å². The van der Waals surface area contributed by atoms with Crippen molar-refractivity contribution in [3.8, 4) is 0 Å². The van der Waals surface area contributed by atoms with Crippen LogP contribution in [0.1, 0.15) is 11.4 Å². The zero-order valence-electron chi connectivity index (χ0n) is 11.9. The molecule has 0 saturated carbocycles. The zero-order valence-corrected chi connectivity index (χ0v) is 11.9. The number of carbonyl (C=O) groups excluding carboxylic acids is 3. The summed E-state index contributed by atoms with van der Waals surface area (Å²) in [5.74, 6) is -0.784. The molecule has 0 aliphatic carbocycles. The fourth-order valence-corrected chi connectivity index (χ4v) is 2.10. The van der Waals surface area contributed by atoms with Crippen LogP contribution in [-0.4, -0.2) is 57.6 Å². The van der Waals surface area contributed by atoms with Crippen LogP contribution in [0.4, 0.5) is 10.5 Å². The number of aromatic nitrogens is 2. The van der Waals surface area contributed by atoms with Crippen LogP contribution in [0.25, 0.3) is 0 Å². The molecule has 0 bridgehead atoms. The summed E-state index contributed by atoms with van der Waals surface area (Å²) in [5, 5.41) is 6.88. The lowest BCUT2D eigenvalue weighted by Crippen LogP contribution is -2.38. The van der Waals surface area contributed by atoms with E-state index in [0.29, 0.717) is 11.4 Å². The van der Waals surface area contributed by atoms with Crippen molar-refractivity contribution in [1.29, 1.82) is 0 Å². The minimum absolute atomic E-state index is 0.0110. The van der Waals surface area contributed by atoms with Crippen molar-refractivity contribution in [3.63, 3.8) is 0 Å². The van der Waals surface area contributed by atoms with Crippen molar-refractivity contribution in [1.82, 2.24) is 19.6 Å². The van der Waals surface area contributed by atoms with E-state index in [1.807, 2.05) is 6.92 Å². The molecule has 1 saturated heterocycles. The number of urea groups is 1. The molecule has 0 spiro atoms. The van der Waals surface area contributed by atoms with Gasteiger partial charge in [-0.05, 0) is 13.8 Å². The molecule has 8 heteroatoms. The minimum Gasteiger partial charge on any atom is -0.321 e. The van der Waals surface area contributed by atoms with Crippen molar-refractivity contribution in [2.75, 3.05) is 25.5 Å². The summed E-state index contributed by atoms with van der Waals surface area (Å²) in [7, 11) is 3.30. The van der Waals surface area contributed by atoms with Crippen LogP contribution >= 0.6 is 0 Å². The van der Waals surface area contributed by atoms with Crippen LogP contribution in [0.3, 0.4) is 0 Å². The summed E-state index contributed by atoms with van der Waals surface area (Å²) >= 11 is 0. The Morgan fingerprint density at radius 2 is 1.95 bits per heavy atom. The van der Waals surface area contributed by atoms with Gasteiger partial charge in [0.25, 0.3) is 5.91 Å². The topological polar surface area (TPSA) is 87.5 Å². The Balaban J connectivity index is 2.06. The number of aryl methyl sites for hydroxylation is 2. The highest BCUT2D eigenvalue weighted by molar-refractivity contribution is 6.06. The van der Waals surface area contributed by atoms with E-state index in [9.17, 15) is 14.4 Å². The predicted molar refractivity (Wildman–Crippen MR) is 71.1 cm³/mol. The first kappa shape index (κ1) is 14.0. The van der Waals surface area contributed by atoms with E-state index >= 15 is 0 Å². The van der Waals surface area contributed by atoms with Gasteiger partial charge in [-0.2, -0.15) is 5.10 Å². The number of likely N-dealkylation sites (N-methyl/N-ethyl adjacent to an activating group) is 1. The van der Waals surface area contributed by atoms with E-state index < -0.39 is 11.9 Å². The molecule has 20 heavy (non-hydrogen) atoms. The third-order valence-electron chi connectivity index (χ3n) is 3.31. The maximum Gasteiger partial charge on any atom is 0.327 e. The lowest BCUT2D eigenvalue weighted by atomic mass is 10.3. The first-order valence-corrected chi connectivity index (χ1v) is 6.16. The summed E-state index contributed by atoms with van der Waals surface area (Å²) in [6, 6.07) is -0.454. The molecule has 108 valence electrons. The molecule has 4 amide bonds. The van der Waals surface area contributed by atoms with Gasteiger partial charge in [0.2, 0.25) is 5.91 Å². The van der Waals surface area contributed by atoms with Crippen molar-refractivity contribution < 1.29 is 14.4 Å². The van der Waals surface area contributed by atoms with E-state index in [4.69, 9.17) is 0 Å². The van der Waals surface area contributed by atoms with Gasteiger partial charge >= 0.3 is 6.03 Å². The molecule has 8 nitrogen and oxygen atoms in total. The van der Waals surface area contributed by atoms with E-state index in [-0.39, 0.29) is 19.0 Å². The quantitative estimate of drug-likeness (QED) is 0.781. The van der Waals surface area contributed by atoms with Gasteiger partial charge in [-0.3, -0.25) is 19.2 Å². The van der Waals surface area contributed by atoms with Crippen LogP contribution in [0, 0.1) is 13.8 Å². The Bertz CT molecular complexity index is 592. The molecular weight excluding hydrogens is 262 g/mol. The summed E-state index contributed by atoms with van der Waals surface area (Å²) < 4.78 is 1.66. The number of hydrogen-bond donors (Lipinski definition) is 1. The molecule has 0 atom stereocenters. The molecule has 1 aromatic heterocycles. The average Bonchev–Trinajstić information content (AvgIpc) is 2.74. The largest absolute Gasteiger partial charge is 0.327 e. The second-order valence-electron chi connectivity index (χ2n) is 4.84. The van der Waals surface area contributed by atoms with Gasteiger partial charge in [0.05, 0.1) is 17.1 Å². The molecule has 1 aromatic rings.